The van der Waals surface area contributed by atoms with Crippen LogP contribution in [0.1, 0.15) is 53.2 Å². The fraction of sp³-hybridized carbons (Fsp3) is 0.333. The lowest BCUT2D eigenvalue weighted by atomic mass is 10.1. The number of hydrogen-bond donors (Lipinski definition) is 3. The number of nitrogens with two attached hydrogens (primary N) is 1. The molecule has 1 fully saturated rings. The van der Waals surface area contributed by atoms with Gasteiger partial charge < -0.3 is 16.4 Å². The predicted molar refractivity (Wildman–Crippen MR) is 103 cm³/mol. The molecule has 5 heteroatoms. The van der Waals surface area contributed by atoms with Gasteiger partial charge in [0.1, 0.15) is 6.04 Å². The van der Waals surface area contributed by atoms with E-state index in [1.54, 1.807) is 24.3 Å². The fourth-order valence-corrected chi connectivity index (χ4v) is 3.19. The molecule has 1 aliphatic carbocycles. The van der Waals surface area contributed by atoms with Crippen molar-refractivity contribution in [2.75, 3.05) is 5.32 Å². The monoisotopic (exact) mass is 351 g/mol. The average molecular weight is 351 g/mol. The molecule has 0 radical (unpaired) electrons. The Morgan fingerprint density at radius 3 is 2.23 bits per heavy atom. The number of aryl methyl sites for hydroxylation is 1. The summed E-state index contributed by atoms with van der Waals surface area (Å²) in [5.74, 6) is -0.344. The minimum absolute atomic E-state index is 0.0638. The largest absolute Gasteiger partial charge is 0.349 e. The van der Waals surface area contributed by atoms with Crippen LogP contribution in [0, 0.1) is 6.92 Å². The van der Waals surface area contributed by atoms with Crippen molar-refractivity contribution in [3.05, 3.63) is 65.2 Å². The highest BCUT2D eigenvalue weighted by molar-refractivity contribution is 5.97. The lowest BCUT2D eigenvalue weighted by Crippen LogP contribution is -2.32. The molecule has 136 valence electrons. The van der Waals surface area contributed by atoms with Gasteiger partial charge in [0.2, 0.25) is 5.91 Å². The molecular formula is C21H25N3O2. The van der Waals surface area contributed by atoms with E-state index in [4.69, 9.17) is 5.73 Å². The van der Waals surface area contributed by atoms with Gasteiger partial charge in [-0.3, -0.25) is 9.59 Å². The van der Waals surface area contributed by atoms with E-state index in [1.165, 1.54) is 12.8 Å². The zero-order valence-electron chi connectivity index (χ0n) is 15.0. The number of anilines is 1. The van der Waals surface area contributed by atoms with Gasteiger partial charge in [-0.1, -0.05) is 42.7 Å². The summed E-state index contributed by atoms with van der Waals surface area (Å²) in [5.41, 5.74) is 9.13. The molecule has 1 atom stereocenters. The first-order valence-electron chi connectivity index (χ1n) is 9.07. The maximum Gasteiger partial charge on any atom is 0.251 e. The molecular weight excluding hydrogens is 326 g/mol. The number of rotatable bonds is 5. The molecule has 0 heterocycles. The van der Waals surface area contributed by atoms with Crippen LogP contribution < -0.4 is 16.4 Å². The summed E-state index contributed by atoms with van der Waals surface area (Å²) in [6.07, 6.45) is 4.46. The average Bonchev–Trinajstić information content (AvgIpc) is 3.15. The Bertz CT molecular complexity index is 763. The SMILES string of the molecule is Cc1ccc(C(N)C(=O)Nc2ccc(C(=O)NC3CCCC3)cc2)cc1. The van der Waals surface area contributed by atoms with Gasteiger partial charge in [-0.25, -0.2) is 0 Å². The standard InChI is InChI=1S/C21H25N3O2/c1-14-6-8-15(9-7-14)19(22)21(26)24-18-12-10-16(11-13-18)20(25)23-17-4-2-3-5-17/h6-13,17,19H,2-5,22H2,1H3,(H,23,25)(H,24,26). The number of amides is 2. The van der Waals surface area contributed by atoms with E-state index >= 15 is 0 Å². The van der Waals surface area contributed by atoms with Crippen LogP contribution in [0.4, 0.5) is 5.69 Å². The van der Waals surface area contributed by atoms with Crippen molar-refractivity contribution in [1.82, 2.24) is 5.32 Å². The van der Waals surface area contributed by atoms with E-state index in [-0.39, 0.29) is 17.9 Å². The third kappa shape index (κ3) is 4.49. The van der Waals surface area contributed by atoms with Crippen LogP contribution in [-0.4, -0.2) is 17.9 Å². The third-order valence-electron chi connectivity index (χ3n) is 4.82. The number of carbonyl (C=O) groups is 2. The van der Waals surface area contributed by atoms with Gasteiger partial charge in [-0.05, 0) is 49.6 Å². The van der Waals surface area contributed by atoms with Crippen LogP contribution in [0.15, 0.2) is 48.5 Å². The zero-order valence-corrected chi connectivity index (χ0v) is 15.0. The van der Waals surface area contributed by atoms with Crippen molar-refractivity contribution in [2.24, 2.45) is 5.73 Å². The van der Waals surface area contributed by atoms with Crippen molar-refractivity contribution < 1.29 is 9.59 Å². The van der Waals surface area contributed by atoms with E-state index in [1.807, 2.05) is 31.2 Å². The molecule has 1 unspecified atom stereocenters. The second kappa shape index (κ2) is 8.15. The Morgan fingerprint density at radius 1 is 1.00 bits per heavy atom. The number of hydrogen-bond acceptors (Lipinski definition) is 3. The molecule has 2 amide bonds. The zero-order chi connectivity index (χ0) is 18.5. The van der Waals surface area contributed by atoms with Crippen LogP contribution in [0.2, 0.25) is 0 Å². The number of carbonyl (C=O) groups excluding carboxylic acids is 2. The maximum absolute atomic E-state index is 12.3. The molecule has 0 aromatic heterocycles. The van der Waals surface area contributed by atoms with Gasteiger partial charge >= 0.3 is 0 Å². The molecule has 1 aliphatic rings. The molecule has 0 bridgehead atoms. The molecule has 1 saturated carbocycles. The fourth-order valence-electron chi connectivity index (χ4n) is 3.19. The van der Waals surface area contributed by atoms with Gasteiger partial charge in [0, 0.05) is 17.3 Å². The molecule has 5 nitrogen and oxygen atoms in total. The molecule has 2 aromatic carbocycles. The highest BCUT2D eigenvalue weighted by Crippen LogP contribution is 2.19. The normalized spacial score (nSPS) is 15.5. The summed E-state index contributed by atoms with van der Waals surface area (Å²) in [4.78, 5) is 24.6. The molecule has 0 spiro atoms. The van der Waals surface area contributed by atoms with Crippen molar-refractivity contribution in [2.45, 2.75) is 44.7 Å². The summed E-state index contributed by atoms with van der Waals surface area (Å²) in [7, 11) is 0. The first-order valence-corrected chi connectivity index (χ1v) is 9.07. The Balaban J connectivity index is 1.58. The summed E-state index contributed by atoms with van der Waals surface area (Å²) in [6.45, 7) is 1.99. The van der Waals surface area contributed by atoms with E-state index in [2.05, 4.69) is 10.6 Å². The van der Waals surface area contributed by atoms with Gasteiger partial charge in [0.05, 0.1) is 0 Å². The van der Waals surface area contributed by atoms with Crippen LogP contribution in [0.5, 0.6) is 0 Å². The molecule has 2 aromatic rings. The quantitative estimate of drug-likeness (QED) is 0.773. The predicted octanol–water partition coefficient (Wildman–Crippen LogP) is 3.31. The van der Waals surface area contributed by atoms with Crippen LogP contribution in [0.25, 0.3) is 0 Å². The topological polar surface area (TPSA) is 84.2 Å². The molecule has 26 heavy (non-hydrogen) atoms. The lowest BCUT2D eigenvalue weighted by Gasteiger charge is -2.14. The Labute approximate surface area is 154 Å². The van der Waals surface area contributed by atoms with Gasteiger partial charge in [0.25, 0.3) is 5.91 Å². The molecule has 4 N–H and O–H groups in total. The molecule has 3 rings (SSSR count). The van der Waals surface area contributed by atoms with Crippen LogP contribution >= 0.6 is 0 Å². The highest BCUT2D eigenvalue weighted by Gasteiger charge is 2.18. The first-order chi connectivity index (χ1) is 12.5. The third-order valence-corrected chi connectivity index (χ3v) is 4.82. The van der Waals surface area contributed by atoms with E-state index < -0.39 is 6.04 Å². The summed E-state index contributed by atoms with van der Waals surface area (Å²) in [6, 6.07) is 14.0. The summed E-state index contributed by atoms with van der Waals surface area (Å²) in [5, 5.41) is 5.85. The Hall–Kier alpha value is -2.66. The molecule has 0 aliphatic heterocycles. The highest BCUT2D eigenvalue weighted by atomic mass is 16.2. The van der Waals surface area contributed by atoms with Gasteiger partial charge in [-0.2, -0.15) is 0 Å². The van der Waals surface area contributed by atoms with Crippen LogP contribution in [-0.2, 0) is 4.79 Å². The first kappa shape index (κ1) is 18.1. The van der Waals surface area contributed by atoms with Crippen LogP contribution in [0.3, 0.4) is 0 Å². The number of nitrogens with one attached hydrogen (secondary N) is 2. The van der Waals surface area contributed by atoms with Crippen molar-refractivity contribution in [3.63, 3.8) is 0 Å². The number of benzene rings is 2. The summed E-state index contributed by atoms with van der Waals surface area (Å²) < 4.78 is 0. The Morgan fingerprint density at radius 2 is 1.62 bits per heavy atom. The lowest BCUT2D eigenvalue weighted by molar-refractivity contribution is -0.117. The second-order valence-corrected chi connectivity index (χ2v) is 6.91. The van der Waals surface area contributed by atoms with Crippen molar-refractivity contribution in [1.29, 1.82) is 0 Å². The minimum Gasteiger partial charge on any atom is -0.349 e. The van der Waals surface area contributed by atoms with Crippen molar-refractivity contribution >= 4 is 17.5 Å². The van der Waals surface area contributed by atoms with E-state index in [0.717, 1.165) is 24.0 Å². The smallest absolute Gasteiger partial charge is 0.251 e. The summed E-state index contributed by atoms with van der Waals surface area (Å²) >= 11 is 0. The van der Waals surface area contributed by atoms with E-state index in [9.17, 15) is 9.59 Å². The minimum atomic E-state index is -0.735. The molecule has 0 saturated heterocycles. The van der Waals surface area contributed by atoms with Crippen molar-refractivity contribution in [3.8, 4) is 0 Å². The van der Waals surface area contributed by atoms with Gasteiger partial charge in [0.15, 0.2) is 0 Å². The van der Waals surface area contributed by atoms with E-state index in [0.29, 0.717) is 11.3 Å². The van der Waals surface area contributed by atoms with Gasteiger partial charge in [-0.15, -0.1) is 0 Å². The second-order valence-electron chi connectivity index (χ2n) is 6.91. The maximum atomic E-state index is 12.3. The Kier molecular flexibility index (Phi) is 5.68.